The minimum Gasteiger partial charge on any atom is -0.354 e. The Bertz CT molecular complexity index is 3120. The maximum Gasteiger partial charge on any atom is 0.200 e. The standard InChI is InChI=1S/C44H9F20N3S/c45-25-21(26(46)34(54)41(61)33(25)53)17-9-1-2-10(65-9)18(22-27(47)35(55)42(62)36(56)28(22)48)12-4-6-14(67-12)20(24-31(51)39(59)44(64)40(60)32(24)52)16-8-7-15(68-16)19(13-5-3-11(17)66-13)23-29(49)37(57)43(63)38(58)30(23)50/h1-8,65H. The maximum atomic E-state index is 15.8. The SMILES string of the molecule is Fc1c(F)c(F)c(-c2c3nc(c(-c4c(F)c(F)c(F)c(F)c4F)c4ccc(s4)c(-c4c(F)c(F)c(F)c(F)c4F)c4nc(c(-c5c(F)c(F)c(F)c(F)c5F)c5ccc2[nH]5)C=C4)C=C3)c(F)c1F. The fourth-order valence-electron chi connectivity index (χ4n) is 7.43. The number of halogens is 20. The molecule has 346 valence electrons. The van der Waals surface area contributed by atoms with Gasteiger partial charge >= 0.3 is 0 Å². The molecule has 2 aliphatic heterocycles. The normalized spacial score (nSPS) is 12.3. The van der Waals surface area contributed by atoms with Crippen molar-refractivity contribution in [3.63, 3.8) is 0 Å². The van der Waals surface area contributed by atoms with Crippen LogP contribution in [0.4, 0.5) is 87.8 Å². The van der Waals surface area contributed by atoms with E-state index in [0.29, 0.717) is 48.6 Å². The summed E-state index contributed by atoms with van der Waals surface area (Å²) in [4.78, 5) is 10.2. The Labute approximate surface area is 366 Å². The Balaban J connectivity index is 1.60. The number of aromatic nitrogens is 3. The fraction of sp³-hybridized carbons (Fsp3) is 0. The van der Waals surface area contributed by atoms with E-state index in [1.807, 2.05) is 0 Å². The summed E-state index contributed by atoms with van der Waals surface area (Å²) in [5.74, 6) is -52.4. The predicted octanol–water partition coefficient (Wildman–Crippen LogP) is 14.8. The van der Waals surface area contributed by atoms with Gasteiger partial charge in [0.15, 0.2) is 93.1 Å². The molecule has 3 aromatic heterocycles. The monoisotopic (exact) mass is 991 g/mol. The van der Waals surface area contributed by atoms with Crippen LogP contribution in [0, 0.1) is 116 Å². The summed E-state index contributed by atoms with van der Waals surface area (Å²) in [6, 6.07) is 2.68. The highest BCUT2D eigenvalue weighted by atomic mass is 32.1. The molecule has 68 heavy (non-hydrogen) atoms. The number of rotatable bonds is 4. The van der Waals surface area contributed by atoms with Gasteiger partial charge in [-0.25, -0.2) is 97.8 Å². The first kappa shape index (κ1) is 45.6. The van der Waals surface area contributed by atoms with E-state index in [1.54, 1.807) is 0 Å². The second-order valence-corrected chi connectivity index (χ2v) is 15.2. The number of hydrogen-bond donors (Lipinski definition) is 1. The summed E-state index contributed by atoms with van der Waals surface area (Å²) in [5.41, 5.74) is -18.2. The molecule has 0 unspecified atom stereocenters. The number of benzene rings is 4. The molecule has 0 aliphatic carbocycles. The number of H-pyrrole nitrogens is 1. The van der Waals surface area contributed by atoms with Gasteiger partial charge in [0.1, 0.15) is 0 Å². The molecular weight excluding hydrogens is 983 g/mol. The van der Waals surface area contributed by atoms with E-state index in [-0.39, 0.29) is 11.3 Å². The molecule has 0 spiro atoms. The minimum atomic E-state index is -2.71. The van der Waals surface area contributed by atoms with Crippen LogP contribution in [0.1, 0.15) is 22.8 Å². The molecule has 0 amide bonds. The molecule has 0 saturated heterocycles. The van der Waals surface area contributed by atoms with Crippen molar-refractivity contribution in [2.75, 3.05) is 0 Å². The van der Waals surface area contributed by atoms with Crippen LogP contribution >= 0.6 is 11.3 Å². The molecule has 0 fully saturated rings. The van der Waals surface area contributed by atoms with Crippen LogP contribution in [0.25, 0.3) is 89.2 Å². The molecule has 1 N–H and O–H groups in total. The summed E-state index contributed by atoms with van der Waals surface area (Å²) in [5, 5.41) is 0. The largest absolute Gasteiger partial charge is 0.354 e. The zero-order chi connectivity index (χ0) is 49.3. The summed E-state index contributed by atoms with van der Waals surface area (Å²) >= 11 is 0.00871. The Morgan fingerprint density at radius 1 is 0.250 bits per heavy atom. The Kier molecular flexibility index (Phi) is 10.8. The lowest BCUT2D eigenvalue weighted by Crippen LogP contribution is -2.06. The molecule has 0 atom stereocenters. The van der Waals surface area contributed by atoms with E-state index in [9.17, 15) is 52.7 Å². The van der Waals surface area contributed by atoms with E-state index in [2.05, 4.69) is 15.0 Å². The van der Waals surface area contributed by atoms with Gasteiger partial charge in [-0.3, -0.25) is 0 Å². The molecule has 2 aliphatic rings. The van der Waals surface area contributed by atoms with Crippen LogP contribution in [0.3, 0.4) is 0 Å². The van der Waals surface area contributed by atoms with E-state index in [0.717, 1.165) is 0 Å². The molecule has 4 aromatic carbocycles. The first-order chi connectivity index (χ1) is 32.1. The first-order valence-electron chi connectivity index (χ1n) is 18.2. The van der Waals surface area contributed by atoms with E-state index in [1.165, 1.54) is 0 Å². The highest BCUT2D eigenvalue weighted by Gasteiger charge is 2.35. The third-order valence-electron chi connectivity index (χ3n) is 10.5. The Morgan fingerprint density at radius 2 is 0.456 bits per heavy atom. The van der Waals surface area contributed by atoms with E-state index in [4.69, 9.17) is 0 Å². The van der Waals surface area contributed by atoms with Gasteiger partial charge in [0.05, 0.1) is 45.0 Å². The molecule has 9 rings (SSSR count). The van der Waals surface area contributed by atoms with Crippen LogP contribution in [0.2, 0.25) is 0 Å². The Morgan fingerprint density at radius 3 is 0.706 bits per heavy atom. The van der Waals surface area contributed by atoms with Crippen LogP contribution < -0.4 is 0 Å². The second kappa shape index (κ2) is 16.1. The van der Waals surface area contributed by atoms with E-state index < -0.39 is 204 Å². The third-order valence-corrected chi connectivity index (χ3v) is 11.6. The van der Waals surface area contributed by atoms with Gasteiger partial charge in [-0.15, -0.1) is 11.3 Å². The minimum absolute atomic E-state index is 0.00871. The number of aromatic amines is 1. The highest BCUT2D eigenvalue weighted by molar-refractivity contribution is 7.24. The number of nitrogens with zero attached hydrogens (tertiary/aromatic N) is 2. The molecule has 5 heterocycles. The Hall–Kier alpha value is -7.50. The van der Waals surface area contributed by atoms with Crippen molar-refractivity contribution >= 4 is 56.1 Å². The van der Waals surface area contributed by atoms with Gasteiger partial charge < -0.3 is 4.98 Å². The molecular formula is C44H9F20N3S. The van der Waals surface area contributed by atoms with Crippen LogP contribution in [-0.4, -0.2) is 15.0 Å². The summed E-state index contributed by atoms with van der Waals surface area (Å²) in [6.45, 7) is 0. The van der Waals surface area contributed by atoms with Gasteiger partial charge in [0.25, 0.3) is 0 Å². The number of hydrogen-bond acceptors (Lipinski definition) is 3. The van der Waals surface area contributed by atoms with Gasteiger partial charge in [-0.2, -0.15) is 0 Å². The predicted molar refractivity (Wildman–Crippen MR) is 203 cm³/mol. The lowest BCUT2D eigenvalue weighted by atomic mass is 10.0. The van der Waals surface area contributed by atoms with Crippen molar-refractivity contribution in [3.05, 3.63) is 163 Å². The van der Waals surface area contributed by atoms with E-state index >= 15 is 35.1 Å². The zero-order valence-electron chi connectivity index (χ0n) is 32.0. The third kappa shape index (κ3) is 6.50. The van der Waals surface area contributed by atoms with Gasteiger partial charge in [-0.1, -0.05) is 0 Å². The molecule has 8 bridgehead atoms. The number of thiophene rings is 1. The van der Waals surface area contributed by atoms with Crippen LogP contribution in [-0.2, 0) is 0 Å². The van der Waals surface area contributed by atoms with Crippen molar-refractivity contribution < 1.29 is 87.8 Å². The summed E-state index contributed by atoms with van der Waals surface area (Å²) < 4.78 is 302. The van der Waals surface area contributed by atoms with Crippen molar-refractivity contribution in [3.8, 4) is 44.5 Å². The molecule has 3 nitrogen and oxygen atoms in total. The lowest BCUT2D eigenvalue weighted by Gasteiger charge is -2.11. The van der Waals surface area contributed by atoms with Crippen molar-refractivity contribution in [1.29, 1.82) is 0 Å². The second-order valence-electron chi connectivity index (χ2n) is 14.2. The number of nitrogens with one attached hydrogen (secondary N) is 1. The van der Waals surface area contributed by atoms with Crippen LogP contribution in [0.15, 0.2) is 24.3 Å². The van der Waals surface area contributed by atoms with Crippen molar-refractivity contribution in [1.82, 2.24) is 15.0 Å². The molecule has 24 heteroatoms. The van der Waals surface area contributed by atoms with Crippen molar-refractivity contribution in [2.45, 2.75) is 0 Å². The molecule has 0 radical (unpaired) electrons. The zero-order valence-corrected chi connectivity index (χ0v) is 32.8. The first-order valence-corrected chi connectivity index (χ1v) is 19.0. The smallest absolute Gasteiger partial charge is 0.200 e. The lowest BCUT2D eigenvalue weighted by molar-refractivity contribution is 0.381. The average Bonchev–Trinajstić information content (AvgIpc) is 4.18. The summed E-state index contributed by atoms with van der Waals surface area (Å²) in [6.07, 6.45) is 2.49. The van der Waals surface area contributed by atoms with Gasteiger partial charge in [0.2, 0.25) is 23.3 Å². The van der Waals surface area contributed by atoms with Crippen molar-refractivity contribution in [2.24, 2.45) is 0 Å². The van der Waals surface area contributed by atoms with Gasteiger partial charge in [-0.05, 0) is 48.6 Å². The average molecular weight is 992 g/mol. The quantitative estimate of drug-likeness (QED) is 0.108. The molecule has 7 aromatic rings. The van der Waals surface area contributed by atoms with Gasteiger partial charge in [0, 0.05) is 42.7 Å². The maximum absolute atomic E-state index is 15.8. The summed E-state index contributed by atoms with van der Waals surface area (Å²) in [7, 11) is 0. The highest BCUT2D eigenvalue weighted by Crippen LogP contribution is 2.46. The van der Waals surface area contributed by atoms with Crippen LogP contribution in [0.5, 0.6) is 0 Å². The molecule has 0 saturated carbocycles. The topological polar surface area (TPSA) is 41.6 Å². The fourth-order valence-corrected chi connectivity index (χ4v) is 8.56. The number of fused-ring (bicyclic) bond motifs is 8.